The summed E-state index contributed by atoms with van der Waals surface area (Å²) in [5, 5.41) is 14.6. The van der Waals surface area contributed by atoms with E-state index in [2.05, 4.69) is 18.9 Å². The maximum Gasteiger partial charge on any atom is 0.335 e. The Morgan fingerprint density at radius 2 is 2.05 bits per heavy atom. The number of benzene rings is 1. The van der Waals surface area contributed by atoms with Crippen molar-refractivity contribution in [2.75, 3.05) is 0 Å². The third kappa shape index (κ3) is 2.67. The van der Waals surface area contributed by atoms with Gasteiger partial charge in [0.15, 0.2) is 5.60 Å². The van der Waals surface area contributed by atoms with Crippen LogP contribution in [0.2, 0.25) is 0 Å². The van der Waals surface area contributed by atoms with E-state index in [9.17, 15) is 4.79 Å². The van der Waals surface area contributed by atoms with Crippen molar-refractivity contribution in [3.8, 4) is 0 Å². The minimum absolute atomic E-state index is 0.180. The van der Waals surface area contributed by atoms with Crippen LogP contribution in [0.25, 0.3) is 10.9 Å². The highest BCUT2D eigenvalue weighted by Crippen LogP contribution is 2.23. The van der Waals surface area contributed by atoms with Gasteiger partial charge in [0.05, 0.1) is 17.8 Å². The van der Waals surface area contributed by atoms with Gasteiger partial charge in [-0.25, -0.2) is 4.79 Å². The number of aliphatic carboxylic acids is 1. The normalized spacial score (nSPS) is 12.2. The fourth-order valence-electron chi connectivity index (χ4n) is 1.97. The van der Waals surface area contributed by atoms with E-state index in [1.165, 1.54) is 13.8 Å². The van der Waals surface area contributed by atoms with Gasteiger partial charge < -0.3 is 9.84 Å². The number of para-hydroxylation sites is 1. The molecule has 0 amide bonds. The highest BCUT2D eigenvalue weighted by molar-refractivity contribution is 5.82. The first-order chi connectivity index (χ1) is 9.33. The third-order valence-corrected chi connectivity index (χ3v) is 3.26. The number of hydrogen-bond donors (Lipinski definition) is 1. The molecule has 0 fully saturated rings. The molecule has 0 spiro atoms. The molecule has 0 bridgehead atoms. The van der Waals surface area contributed by atoms with E-state index in [0.717, 1.165) is 16.6 Å². The maximum atomic E-state index is 11.1. The molecule has 1 aromatic heterocycles. The fraction of sp³-hybridized carbons (Fsp3) is 0.467. The molecule has 0 saturated carbocycles. The van der Waals surface area contributed by atoms with Gasteiger partial charge in [-0.05, 0) is 33.8 Å². The predicted octanol–water partition coefficient (Wildman–Crippen LogP) is 3.00. The monoisotopic (exact) mass is 276 g/mol. The number of carbonyl (C=O) groups is 1. The van der Waals surface area contributed by atoms with Gasteiger partial charge >= 0.3 is 5.97 Å². The second-order valence-corrected chi connectivity index (χ2v) is 5.61. The minimum atomic E-state index is -1.22. The molecule has 0 saturated heterocycles. The van der Waals surface area contributed by atoms with Crippen LogP contribution in [0.1, 0.15) is 39.4 Å². The zero-order valence-corrected chi connectivity index (χ0v) is 12.3. The van der Waals surface area contributed by atoms with Crippen LogP contribution in [0.4, 0.5) is 0 Å². The van der Waals surface area contributed by atoms with Crippen molar-refractivity contribution >= 4 is 16.9 Å². The summed E-state index contributed by atoms with van der Waals surface area (Å²) < 4.78 is 7.44. The highest BCUT2D eigenvalue weighted by Gasteiger charge is 2.28. The van der Waals surface area contributed by atoms with Crippen LogP contribution in [-0.2, 0) is 16.1 Å². The molecule has 2 rings (SSSR count). The van der Waals surface area contributed by atoms with E-state index in [4.69, 9.17) is 9.84 Å². The van der Waals surface area contributed by atoms with Crippen LogP contribution in [0.5, 0.6) is 0 Å². The van der Waals surface area contributed by atoms with E-state index in [-0.39, 0.29) is 12.6 Å². The molecule has 0 unspecified atom stereocenters. The lowest BCUT2D eigenvalue weighted by atomic mass is 10.1. The summed E-state index contributed by atoms with van der Waals surface area (Å²) in [5.41, 5.74) is 0.584. The van der Waals surface area contributed by atoms with Crippen LogP contribution >= 0.6 is 0 Å². The molecule has 108 valence electrons. The van der Waals surface area contributed by atoms with Crippen LogP contribution in [0.15, 0.2) is 24.3 Å². The molecule has 20 heavy (non-hydrogen) atoms. The summed E-state index contributed by atoms with van der Waals surface area (Å²) in [7, 11) is 0. The standard InChI is InChI=1S/C15H20N2O3/c1-10(2)17-13-8-6-5-7-11(13)12(16-17)9-20-15(3,4)14(18)19/h5-8,10H,9H2,1-4H3,(H,18,19). The van der Waals surface area contributed by atoms with E-state index < -0.39 is 11.6 Å². The van der Waals surface area contributed by atoms with Crippen LogP contribution in [0, 0.1) is 0 Å². The number of fused-ring (bicyclic) bond motifs is 1. The van der Waals surface area contributed by atoms with E-state index in [1.54, 1.807) is 0 Å². The molecule has 0 aliphatic carbocycles. The zero-order chi connectivity index (χ0) is 14.9. The molecule has 5 heteroatoms. The molecule has 0 aliphatic rings. The molecule has 5 nitrogen and oxygen atoms in total. The van der Waals surface area contributed by atoms with Crippen molar-refractivity contribution in [1.29, 1.82) is 0 Å². The molecular formula is C15H20N2O3. The summed E-state index contributed by atoms with van der Waals surface area (Å²) in [4.78, 5) is 11.1. The number of carboxylic acids is 1. The molecule has 2 aromatic rings. The van der Waals surface area contributed by atoms with E-state index >= 15 is 0 Å². The Bertz CT molecular complexity index is 629. The zero-order valence-electron chi connectivity index (χ0n) is 12.3. The number of aromatic nitrogens is 2. The first-order valence-corrected chi connectivity index (χ1v) is 6.66. The first kappa shape index (κ1) is 14.5. The third-order valence-electron chi connectivity index (χ3n) is 3.26. The molecule has 0 radical (unpaired) electrons. The molecule has 1 aromatic carbocycles. The molecule has 0 atom stereocenters. The smallest absolute Gasteiger partial charge is 0.335 e. The van der Waals surface area contributed by atoms with Crippen LogP contribution in [-0.4, -0.2) is 26.5 Å². The van der Waals surface area contributed by atoms with Crippen molar-refractivity contribution < 1.29 is 14.6 Å². The number of rotatable bonds is 5. The van der Waals surface area contributed by atoms with Crippen LogP contribution in [0.3, 0.4) is 0 Å². The molecule has 1 heterocycles. The maximum absolute atomic E-state index is 11.1. The van der Waals surface area contributed by atoms with Gasteiger partial charge in [-0.15, -0.1) is 0 Å². The second kappa shape index (κ2) is 5.25. The minimum Gasteiger partial charge on any atom is -0.479 e. The van der Waals surface area contributed by atoms with Crippen molar-refractivity contribution in [2.45, 2.75) is 45.9 Å². The lowest BCUT2D eigenvalue weighted by molar-refractivity contribution is -0.162. The average Bonchev–Trinajstić information content (AvgIpc) is 2.75. The molecule has 0 aliphatic heterocycles. The van der Waals surface area contributed by atoms with E-state index in [0.29, 0.717) is 0 Å². The Morgan fingerprint density at radius 1 is 1.40 bits per heavy atom. The first-order valence-electron chi connectivity index (χ1n) is 6.66. The van der Waals surface area contributed by atoms with Crippen molar-refractivity contribution in [1.82, 2.24) is 9.78 Å². The Hall–Kier alpha value is -1.88. The highest BCUT2D eigenvalue weighted by atomic mass is 16.5. The van der Waals surface area contributed by atoms with Gasteiger partial charge in [-0.1, -0.05) is 18.2 Å². The van der Waals surface area contributed by atoms with Gasteiger partial charge in [0.25, 0.3) is 0 Å². The van der Waals surface area contributed by atoms with Gasteiger partial charge in [0, 0.05) is 11.4 Å². The summed E-state index contributed by atoms with van der Waals surface area (Å²) >= 11 is 0. The Morgan fingerprint density at radius 3 is 2.65 bits per heavy atom. The molecule has 1 N–H and O–H groups in total. The lowest BCUT2D eigenvalue weighted by Gasteiger charge is -2.19. The number of nitrogens with zero attached hydrogens (tertiary/aromatic N) is 2. The average molecular weight is 276 g/mol. The fourth-order valence-corrected chi connectivity index (χ4v) is 1.97. The van der Waals surface area contributed by atoms with Crippen molar-refractivity contribution in [3.05, 3.63) is 30.0 Å². The Kier molecular flexibility index (Phi) is 3.81. The SMILES string of the molecule is CC(C)n1nc(COC(C)(C)C(=O)O)c2ccccc21. The summed E-state index contributed by atoms with van der Waals surface area (Å²) in [6.07, 6.45) is 0. The Labute approximate surface area is 118 Å². The van der Waals surface area contributed by atoms with Gasteiger partial charge in [-0.3, -0.25) is 4.68 Å². The Balaban J connectivity index is 2.33. The second-order valence-electron chi connectivity index (χ2n) is 5.61. The van der Waals surface area contributed by atoms with Crippen molar-refractivity contribution in [3.63, 3.8) is 0 Å². The van der Waals surface area contributed by atoms with Gasteiger partial charge in [-0.2, -0.15) is 5.10 Å². The van der Waals surface area contributed by atoms with Gasteiger partial charge in [0.1, 0.15) is 0 Å². The lowest BCUT2D eigenvalue weighted by Crippen LogP contribution is -2.34. The van der Waals surface area contributed by atoms with Gasteiger partial charge in [0.2, 0.25) is 0 Å². The quantitative estimate of drug-likeness (QED) is 0.911. The number of hydrogen-bond acceptors (Lipinski definition) is 3. The molecular weight excluding hydrogens is 256 g/mol. The topological polar surface area (TPSA) is 64.4 Å². The number of ether oxygens (including phenoxy) is 1. The summed E-state index contributed by atoms with van der Waals surface area (Å²) in [5.74, 6) is -0.981. The summed E-state index contributed by atoms with van der Waals surface area (Å²) in [6.45, 7) is 7.38. The predicted molar refractivity (Wildman–Crippen MR) is 76.6 cm³/mol. The number of carboxylic acid groups (broad SMARTS) is 1. The largest absolute Gasteiger partial charge is 0.479 e. The van der Waals surface area contributed by atoms with E-state index in [1.807, 2.05) is 28.9 Å². The van der Waals surface area contributed by atoms with Crippen molar-refractivity contribution in [2.24, 2.45) is 0 Å². The van der Waals surface area contributed by atoms with Crippen LogP contribution < -0.4 is 0 Å². The summed E-state index contributed by atoms with van der Waals surface area (Å²) in [6, 6.07) is 8.14.